The van der Waals surface area contributed by atoms with Crippen LogP contribution in [0.2, 0.25) is 0 Å². The summed E-state index contributed by atoms with van der Waals surface area (Å²) in [6.07, 6.45) is 3.79. The van der Waals surface area contributed by atoms with E-state index in [1.165, 1.54) is 17.4 Å². The number of ether oxygens (including phenoxy) is 2. The van der Waals surface area contributed by atoms with E-state index < -0.39 is 12.0 Å². The summed E-state index contributed by atoms with van der Waals surface area (Å²) in [6, 6.07) is 20.9. The zero-order valence-electron chi connectivity index (χ0n) is 22.2. The molecule has 0 amide bonds. The zero-order valence-corrected chi connectivity index (χ0v) is 23.9. The number of thioether (sulfide) groups is 1. The lowest BCUT2D eigenvalue weighted by Gasteiger charge is -2.24. The van der Waals surface area contributed by atoms with E-state index in [1.807, 2.05) is 42.7 Å². The van der Waals surface area contributed by atoms with Crippen LogP contribution in [0.15, 0.2) is 98.7 Å². The highest BCUT2D eigenvalue weighted by molar-refractivity contribution is 7.98. The maximum atomic E-state index is 13.9. The second-order valence-electron chi connectivity index (χ2n) is 9.02. The van der Waals surface area contributed by atoms with E-state index >= 15 is 0 Å². The fourth-order valence-corrected chi connectivity index (χ4v) is 5.94. The Morgan fingerprint density at radius 2 is 1.82 bits per heavy atom. The van der Waals surface area contributed by atoms with Crippen molar-refractivity contribution in [3.63, 3.8) is 0 Å². The van der Waals surface area contributed by atoms with E-state index in [9.17, 15) is 14.0 Å². The average molecular weight is 575 g/mol. The van der Waals surface area contributed by atoms with E-state index in [4.69, 9.17) is 9.47 Å². The number of halogens is 1. The number of fused-ring (bicyclic) bond motifs is 1. The van der Waals surface area contributed by atoms with Crippen LogP contribution in [0, 0.1) is 5.82 Å². The molecule has 0 unspecified atom stereocenters. The fourth-order valence-electron chi connectivity index (χ4n) is 4.48. The van der Waals surface area contributed by atoms with Gasteiger partial charge in [-0.1, -0.05) is 53.8 Å². The van der Waals surface area contributed by atoms with Gasteiger partial charge in [0, 0.05) is 10.5 Å². The van der Waals surface area contributed by atoms with Crippen molar-refractivity contribution >= 4 is 35.1 Å². The summed E-state index contributed by atoms with van der Waals surface area (Å²) in [6.45, 7) is 3.86. The maximum Gasteiger partial charge on any atom is 0.338 e. The van der Waals surface area contributed by atoms with Gasteiger partial charge >= 0.3 is 5.97 Å². The predicted octanol–water partition coefficient (Wildman–Crippen LogP) is 5.24. The first-order valence-corrected chi connectivity index (χ1v) is 14.7. The van der Waals surface area contributed by atoms with Crippen molar-refractivity contribution < 1.29 is 18.7 Å². The summed E-state index contributed by atoms with van der Waals surface area (Å²) in [4.78, 5) is 33.0. The number of rotatable bonds is 8. The van der Waals surface area contributed by atoms with Crippen molar-refractivity contribution in [1.82, 2.24) is 4.57 Å². The highest BCUT2D eigenvalue weighted by Gasteiger charge is 2.33. The first-order chi connectivity index (χ1) is 19.4. The molecule has 9 heteroatoms. The maximum absolute atomic E-state index is 13.9. The highest BCUT2D eigenvalue weighted by Crippen LogP contribution is 2.31. The molecule has 1 aromatic heterocycles. The molecule has 0 spiro atoms. The minimum absolute atomic E-state index is 0.116. The normalized spacial score (nSPS) is 15.0. The summed E-state index contributed by atoms with van der Waals surface area (Å²) in [5, 5.41) is 0. The molecule has 6 nitrogen and oxygen atoms in total. The van der Waals surface area contributed by atoms with E-state index in [2.05, 4.69) is 4.99 Å². The minimum Gasteiger partial charge on any atom is -0.489 e. The number of nitrogens with zero attached hydrogens (tertiary/aromatic N) is 2. The topological polar surface area (TPSA) is 69.9 Å². The van der Waals surface area contributed by atoms with E-state index in [0.29, 0.717) is 31.9 Å². The largest absolute Gasteiger partial charge is 0.489 e. The van der Waals surface area contributed by atoms with Crippen LogP contribution in [0.4, 0.5) is 4.39 Å². The molecule has 2 heterocycles. The molecule has 5 rings (SSSR count). The number of allylic oxidation sites excluding steroid dienone is 1. The molecule has 1 aliphatic heterocycles. The Hall–Kier alpha value is -3.95. The van der Waals surface area contributed by atoms with E-state index in [1.54, 1.807) is 66.6 Å². The van der Waals surface area contributed by atoms with Crippen LogP contribution in [-0.4, -0.2) is 23.4 Å². The number of thiazole rings is 1. The number of carbonyl (C=O) groups excluding carboxylic acids is 1. The summed E-state index contributed by atoms with van der Waals surface area (Å²) in [5.74, 6) is -0.206. The van der Waals surface area contributed by atoms with Gasteiger partial charge in [-0.3, -0.25) is 9.36 Å². The molecule has 204 valence electrons. The SMILES string of the molecule is CCOC(=O)C1=C(C)N=c2s/c(=C\c3ccc(OCc4ccccc4F)cc3)c(=O)n2[C@@H]1c1ccc(SC)cc1. The Morgan fingerprint density at radius 1 is 1.10 bits per heavy atom. The van der Waals surface area contributed by atoms with Crippen molar-refractivity contribution in [2.45, 2.75) is 31.4 Å². The molecule has 3 aromatic carbocycles. The van der Waals surface area contributed by atoms with Gasteiger partial charge in [0.25, 0.3) is 5.56 Å². The second-order valence-corrected chi connectivity index (χ2v) is 10.9. The first kappa shape index (κ1) is 27.6. The third-order valence-corrected chi connectivity index (χ3v) is 8.21. The Kier molecular flexibility index (Phi) is 8.32. The molecular weight excluding hydrogens is 547 g/mol. The number of carbonyl (C=O) groups is 1. The Labute approximate surface area is 239 Å². The predicted molar refractivity (Wildman–Crippen MR) is 156 cm³/mol. The lowest BCUT2D eigenvalue weighted by Crippen LogP contribution is -2.39. The van der Waals surface area contributed by atoms with Gasteiger partial charge in [0.1, 0.15) is 18.2 Å². The molecule has 0 bridgehead atoms. The average Bonchev–Trinajstić information content (AvgIpc) is 3.26. The van der Waals surface area contributed by atoms with Crippen molar-refractivity contribution in [1.29, 1.82) is 0 Å². The molecule has 0 radical (unpaired) electrons. The number of esters is 1. The lowest BCUT2D eigenvalue weighted by molar-refractivity contribution is -0.139. The molecule has 1 aliphatic rings. The third kappa shape index (κ3) is 5.66. The quantitative estimate of drug-likeness (QED) is 0.213. The number of benzene rings is 3. The van der Waals surface area contributed by atoms with Crippen molar-refractivity contribution in [2.24, 2.45) is 4.99 Å². The standard InChI is InChI=1S/C31H27FN2O4S2/c1-4-37-30(36)27-19(2)33-31-34(28(27)21-11-15-24(39-3)16-12-21)29(35)26(40-31)17-20-9-13-23(14-10-20)38-18-22-7-5-6-8-25(22)32/h5-17,28H,4,18H2,1-3H3/b26-17-/t28-/m1/s1. The molecule has 1 atom stereocenters. The summed E-state index contributed by atoms with van der Waals surface area (Å²) in [5.41, 5.74) is 2.72. The van der Waals surface area contributed by atoms with Gasteiger partial charge in [0.15, 0.2) is 4.80 Å². The molecule has 0 saturated carbocycles. The molecule has 0 fully saturated rings. The highest BCUT2D eigenvalue weighted by atomic mass is 32.2. The number of aromatic nitrogens is 1. The molecular formula is C31H27FN2O4S2. The van der Waals surface area contributed by atoms with Gasteiger partial charge in [-0.05, 0) is 67.6 Å². The zero-order chi connectivity index (χ0) is 28.2. The Balaban J connectivity index is 1.50. The fraction of sp³-hybridized carbons (Fsp3) is 0.194. The van der Waals surface area contributed by atoms with E-state index in [0.717, 1.165) is 16.0 Å². The monoisotopic (exact) mass is 574 g/mol. The summed E-state index contributed by atoms with van der Waals surface area (Å²) >= 11 is 2.89. The van der Waals surface area contributed by atoms with Gasteiger partial charge in [-0.15, -0.1) is 11.8 Å². The van der Waals surface area contributed by atoms with Crippen LogP contribution in [-0.2, 0) is 16.1 Å². The third-order valence-electron chi connectivity index (χ3n) is 6.48. The van der Waals surface area contributed by atoms with Gasteiger partial charge in [-0.2, -0.15) is 0 Å². The first-order valence-electron chi connectivity index (χ1n) is 12.7. The van der Waals surface area contributed by atoms with E-state index in [-0.39, 0.29) is 24.6 Å². The molecule has 4 aromatic rings. The second kappa shape index (κ2) is 12.1. The van der Waals surface area contributed by atoms with Crippen molar-refractivity contribution in [3.8, 4) is 5.75 Å². The lowest BCUT2D eigenvalue weighted by atomic mass is 9.96. The van der Waals surface area contributed by atoms with Crippen LogP contribution < -0.4 is 19.6 Å². The number of hydrogen-bond donors (Lipinski definition) is 0. The van der Waals surface area contributed by atoms with Crippen LogP contribution in [0.25, 0.3) is 6.08 Å². The number of hydrogen-bond acceptors (Lipinski definition) is 7. The van der Waals surface area contributed by atoms with Crippen molar-refractivity contribution in [2.75, 3.05) is 12.9 Å². The van der Waals surface area contributed by atoms with Gasteiger partial charge in [0.05, 0.1) is 28.5 Å². The van der Waals surface area contributed by atoms with Crippen molar-refractivity contribution in [3.05, 3.63) is 126 Å². The summed E-state index contributed by atoms with van der Waals surface area (Å²) in [7, 11) is 0. The molecule has 0 saturated heterocycles. The Morgan fingerprint density at radius 3 is 2.50 bits per heavy atom. The van der Waals surface area contributed by atoms with Crippen LogP contribution in [0.1, 0.15) is 36.6 Å². The molecule has 0 aliphatic carbocycles. The molecule has 40 heavy (non-hydrogen) atoms. The summed E-state index contributed by atoms with van der Waals surface area (Å²) < 4.78 is 27.0. The smallest absolute Gasteiger partial charge is 0.338 e. The molecule has 0 N–H and O–H groups in total. The van der Waals surface area contributed by atoms with Crippen LogP contribution in [0.5, 0.6) is 5.75 Å². The van der Waals surface area contributed by atoms with Gasteiger partial charge in [0.2, 0.25) is 0 Å². The van der Waals surface area contributed by atoms with Gasteiger partial charge in [-0.25, -0.2) is 14.2 Å². The van der Waals surface area contributed by atoms with Gasteiger partial charge < -0.3 is 9.47 Å². The minimum atomic E-state index is -0.650. The van der Waals surface area contributed by atoms with Crippen LogP contribution in [0.3, 0.4) is 0 Å². The Bertz CT molecular complexity index is 1760. The van der Waals surface area contributed by atoms with Crippen LogP contribution >= 0.6 is 23.1 Å².